The van der Waals surface area contributed by atoms with Crippen LogP contribution >= 0.6 is 0 Å². The van der Waals surface area contributed by atoms with E-state index in [0.29, 0.717) is 25.4 Å². The third-order valence-corrected chi connectivity index (χ3v) is 5.25. The summed E-state index contributed by atoms with van der Waals surface area (Å²) in [5, 5.41) is 3.13. The molecule has 2 aromatic carbocycles. The van der Waals surface area contributed by atoms with Crippen molar-refractivity contribution >= 4 is 22.6 Å². The summed E-state index contributed by atoms with van der Waals surface area (Å²) < 4.78 is 2.04. The first-order chi connectivity index (χ1) is 12.7. The van der Waals surface area contributed by atoms with Crippen molar-refractivity contribution < 1.29 is 4.79 Å². The summed E-state index contributed by atoms with van der Waals surface area (Å²) in [5.74, 6) is 0.486. The van der Waals surface area contributed by atoms with Crippen molar-refractivity contribution in [2.75, 3.05) is 25.0 Å². The van der Waals surface area contributed by atoms with Gasteiger partial charge in [-0.2, -0.15) is 0 Å². The smallest absolute Gasteiger partial charge is 0.221 e. The highest BCUT2D eigenvalue weighted by molar-refractivity contribution is 5.77. The van der Waals surface area contributed by atoms with E-state index in [1.54, 1.807) is 0 Å². The molecule has 0 saturated carbocycles. The number of nitrogens with one attached hydrogen (secondary N) is 1. The Morgan fingerprint density at radius 1 is 1.19 bits per heavy atom. The molecule has 0 fully saturated rings. The molecule has 1 aliphatic rings. The first kappa shape index (κ1) is 16.6. The van der Waals surface area contributed by atoms with Gasteiger partial charge in [0.2, 0.25) is 5.91 Å². The van der Waals surface area contributed by atoms with Gasteiger partial charge in [0.15, 0.2) is 0 Å². The van der Waals surface area contributed by atoms with Crippen LogP contribution in [0, 0.1) is 0 Å². The lowest BCUT2D eigenvalue weighted by Gasteiger charge is -2.33. The zero-order chi connectivity index (χ0) is 17.9. The number of hydrogen-bond donors (Lipinski definition) is 1. The Kier molecular flexibility index (Phi) is 4.61. The molecule has 0 saturated heterocycles. The molecule has 5 heteroatoms. The summed E-state index contributed by atoms with van der Waals surface area (Å²) >= 11 is 0. The Morgan fingerprint density at radius 2 is 2.00 bits per heavy atom. The third-order valence-electron chi connectivity index (χ3n) is 5.25. The summed E-state index contributed by atoms with van der Waals surface area (Å²) in [5.41, 5.74) is 4.66. The number of benzene rings is 2. The monoisotopic (exact) mass is 348 g/mol. The lowest BCUT2D eigenvalue weighted by Crippen LogP contribution is -2.34. The van der Waals surface area contributed by atoms with E-state index >= 15 is 0 Å². The molecule has 5 nitrogen and oxygen atoms in total. The number of rotatable bonds is 5. The van der Waals surface area contributed by atoms with E-state index in [1.807, 2.05) is 35.2 Å². The summed E-state index contributed by atoms with van der Waals surface area (Å²) in [6, 6.07) is 16.5. The van der Waals surface area contributed by atoms with Gasteiger partial charge in [-0.05, 0) is 30.2 Å². The number of carbonyl (C=O) groups excluding carboxylic acids is 1. The maximum Gasteiger partial charge on any atom is 0.221 e. The Morgan fingerprint density at radius 3 is 2.92 bits per heavy atom. The molecule has 1 unspecified atom stereocenters. The Balaban J connectivity index is 1.34. The van der Waals surface area contributed by atoms with Gasteiger partial charge >= 0.3 is 0 Å². The van der Waals surface area contributed by atoms with E-state index in [1.165, 1.54) is 11.3 Å². The zero-order valence-corrected chi connectivity index (χ0v) is 15.1. The van der Waals surface area contributed by atoms with E-state index in [0.717, 1.165) is 24.0 Å². The van der Waals surface area contributed by atoms with E-state index in [9.17, 15) is 4.79 Å². The second-order valence-corrected chi connectivity index (χ2v) is 6.95. The molecule has 0 aliphatic carbocycles. The van der Waals surface area contributed by atoms with Crippen LogP contribution in [0.2, 0.25) is 0 Å². The first-order valence-electron chi connectivity index (χ1n) is 9.19. The molecule has 26 heavy (non-hydrogen) atoms. The highest BCUT2D eigenvalue weighted by Crippen LogP contribution is 2.33. The van der Waals surface area contributed by atoms with Crippen molar-refractivity contribution in [3.63, 3.8) is 0 Å². The van der Waals surface area contributed by atoms with Gasteiger partial charge in [0.25, 0.3) is 0 Å². The minimum Gasteiger partial charge on any atom is -0.374 e. The highest BCUT2D eigenvalue weighted by atomic mass is 16.1. The molecule has 1 amide bonds. The number of hydrogen-bond acceptors (Lipinski definition) is 3. The summed E-state index contributed by atoms with van der Waals surface area (Å²) in [6.07, 6.45) is 3.35. The maximum atomic E-state index is 12.3. The van der Waals surface area contributed by atoms with Crippen molar-refractivity contribution in [1.29, 1.82) is 0 Å². The van der Waals surface area contributed by atoms with Crippen LogP contribution in [-0.4, -0.2) is 35.6 Å². The molecule has 2 heterocycles. The van der Waals surface area contributed by atoms with E-state index < -0.39 is 0 Å². The van der Waals surface area contributed by atoms with Crippen LogP contribution in [-0.2, 0) is 11.3 Å². The van der Waals surface area contributed by atoms with Crippen molar-refractivity contribution in [1.82, 2.24) is 14.9 Å². The molecule has 0 radical (unpaired) electrons. The van der Waals surface area contributed by atoms with Crippen LogP contribution in [0.25, 0.3) is 11.0 Å². The predicted octanol–water partition coefficient (Wildman–Crippen LogP) is 3.17. The second-order valence-electron chi connectivity index (χ2n) is 6.95. The number of para-hydroxylation sites is 3. The number of aryl methyl sites for hydroxylation is 1. The number of aromatic nitrogens is 2. The number of amides is 1. The van der Waals surface area contributed by atoms with Crippen molar-refractivity contribution in [2.45, 2.75) is 25.3 Å². The third kappa shape index (κ3) is 3.29. The number of nitrogens with zero attached hydrogens (tertiary/aromatic N) is 3. The quantitative estimate of drug-likeness (QED) is 0.770. The average molecular weight is 348 g/mol. The lowest BCUT2D eigenvalue weighted by molar-refractivity contribution is -0.121. The van der Waals surface area contributed by atoms with Crippen LogP contribution in [0.15, 0.2) is 54.9 Å². The minimum atomic E-state index is 0.0965. The van der Waals surface area contributed by atoms with Gasteiger partial charge in [-0.15, -0.1) is 0 Å². The van der Waals surface area contributed by atoms with Gasteiger partial charge in [0.05, 0.1) is 17.4 Å². The van der Waals surface area contributed by atoms with Gasteiger partial charge in [0, 0.05) is 44.7 Å². The Bertz CT molecular complexity index is 917. The van der Waals surface area contributed by atoms with E-state index in [2.05, 4.69) is 46.5 Å². The fourth-order valence-corrected chi connectivity index (χ4v) is 3.75. The fraction of sp³-hybridized carbons (Fsp3) is 0.333. The molecule has 1 aromatic heterocycles. The Hall–Kier alpha value is -2.82. The SMILES string of the molecule is CN1CCC(CNC(=O)CCn2cnc3ccccc32)c2ccccc21. The van der Waals surface area contributed by atoms with Gasteiger partial charge in [-0.3, -0.25) is 4.79 Å². The van der Waals surface area contributed by atoms with Crippen LogP contribution in [0.5, 0.6) is 0 Å². The van der Waals surface area contributed by atoms with Crippen LogP contribution < -0.4 is 10.2 Å². The summed E-state index contributed by atoms with van der Waals surface area (Å²) in [7, 11) is 2.13. The maximum absolute atomic E-state index is 12.3. The standard InChI is InChI=1S/C21H24N4O/c1-24-12-10-16(17-6-2-4-8-19(17)24)14-22-21(26)11-13-25-15-23-18-7-3-5-9-20(18)25/h2-9,15-16H,10-14H2,1H3,(H,22,26). The first-order valence-corrected chi connectivity index (χ1v) is 9.19. The predicted molar refractivity (Wildman–Crippen MR) is 104 cm³/mol. The van der Waals surface area contributed by atoms with Gasteiger partial charge in [-0.25, -0.2) is 4.98 Å². The molecule has 1 atom stereocenters. The van der Waals surface area contributed by atoms with Crippen molar-refractivity contribution in [3.05, 3.63) is 60.4 Å². The molecule has 134 valence electrons. The molecule has 3 aromatic rings. The van der Waals surface area contributed by atoms with Crippen LogP contribution in [0.4, 0.5) is 5.69 Å². The highest BCUT2D eigenvalue weighted by Gasteiger charge is 2.23. The number of carbonyl (C=O) groups is 1. The van der Waals surface area contributed by atoms with Crippen LogP contribution in [0.3, 0.4) is 0 Å². The number of fused-ring (bicyclic) bond motifs is 2. The largest absolute Gasteiger partial charge is 0.374 e. The van der Waals surface area contributed by atoms with Gasteiger partial charge < -0.3 is 14.8 Å². The van der Waals surface area contributed by atoms with Crippen LogP contribution in [0.1, 0.15) is 24.3 Å². The molecule has 0 bridgehead atoms. The van der Waals surface area contributed by atoms with E-state index in [-0.39, 0.29) is 5.91 Å². The molecule has 0 spiro atoms. The lowest BCUT2D eigenvalue weighted by atomic mass is 9.90. The molecular formula is C21H24N4O. The topological polar surface area (TPSA) is 50.2 Å². The van der Waals surface area contributed by atoms with E-state index in [4.69, 9.17) is 0 Å². The molecule has 4 rings (SSSR count). The normalized spacial score (nSPS) is 16.5. The van der Waals surface area contributed by atoms with Gasteiger partial charge in [-0.1, -0.05) is 30.3 Å². The molecule has 1 N–H and O–H groups in total. The fourth-order valence-electron chi connectivity index (χ4n) is 3.75. The summed E-state index contributed by atoms with van der Waals surface area (Å²) in [4.78, 5) is 19.0. The van der Waals surface area contributed by atoms with Crippen molar-refractivity contribution in [3.8, 4) is 0 Å². The minimum absolute atomic E-state index is 0.0965. The molecular weight excluding hydrogens is 324 g/mol. The Labute approximate surface area is 153 Å². The average Bonchev–Trinajstić information content (AvgIpc) is 3.09. The summed E-state index contributed by atoms with van der Waals surface area (Å²) in [6.45, 7) is 2.38. The number of imidazole rings is 1. The second kappa shape index (κ2) is 7.20. The van der Waals surface area contributed by atoms with Crippen molar-refractivity contribution in [2.24, 2.45) is 0 Å². The molecule has 1 aliphatic heterocycles. The van der Waals surface area contributed by atoms with Gasteiger partial charge in [0.1, 0.15) is 0 Å². The zero-order valence-electron chi connectivity index (χ0n) is 15.1. The number of anilines is 1.